The maximum absolute atomic E-state index is 10.9. The third kappa shape index (κ3) is 25.3. The van der Waals surface area contributed by atoms with E-state index in [1.165, 1.54) is 64.9 Å². The fourth-order valence-corrected chi connectivity index (χ4v) is 2.43. The Bertz CT molecular complexity index is 290. The number of carbonyl (C=O) groups is 2. The maximum atomic E-state index is 10.9. The Morgan fingerprint density at radius 3 is 1.40 bits per heavy atom. The van der Waals surface area contributed by atoms with E-state index in [-0.39, 0.29) is 11.9 Å². The molecule has 0 aromatic rings. The van der Waals surface area contributed by atoms with Crippen LogP contribution in [0.4, 0.5) is 0 Å². The second kappa shape index (κ2) is 22.9. The van der Waals surface area contributed by atoms with E-state index in [2.05, 4.69) is 18.6 Å². The van der Waals surface area contributed by atoms with Crippen molar-refractivity contribution in [1.29, 1.82) is 0 Å². The lowest BCUT2D eigenvalue weighted by Crippen LogP contribution is -2.03. The van der Waals surface area contributed by atoms with Crippen LogP contribution in [0.1, 0.15) is 111 Å². The highest BCUT2D eigenvalue weighted by atomic mass is 16.5. The number of esters is 2. The number of hydrogen-bond donors (Lipinski definition) is 0. The largest absolute Gasteiger partial charge is 0.469 e. The molecular weight excluding hydrogens is 316 g/mol. The van der Waals surface area contributed by atoms with Crippen LogP contribution in [0.15, 0.2) is 0 Å². The summed E-state index contributed by atoms with van der Waals surface area (Å²) in [5.41, 5.74) is 0. The van der Waals surface area contributed by atoms with Crippen LogP contribution in [0, 0.1) is 0 Å². The van der Waals surface area contributed by atoms with Crippen molar-refractivity contribution >= 4 is 11.9 Å². The minimum absolute atomic E-state index is 0.0435. The van der Waals surface area contributed by atoms with Gasteiger partial charge in [-0.05, 0) is 19.8 Å². The number of hydrogen-bond acceptors (Lipinski definition) is 4. The molecule has 0 aliphatic rings. The number of ether oxygens (including phenoxy) is 2. The Morgan fingerprint density at radius 2 is 1.00 bits per heavy atom. The molecule has 0 heterocycles. The number of carbonyl (C=O) groups excluding carboxylic acids is 2. The molecule has 0 saturated carbocycles. The van der Waals surface area contributed by atoms with Crippen LogP contribution < -0.4 is 0 Å². The highest BCUT2D eigenvalue weighted by Gasteiger charge is 2.00. The molecule has 0 atom stereocenters. The standard InChI is InChI=1S/C11H22O2.C10H20O2/c1-3-5-6-7-8-9-10-11(12)13-4-2;1-3-4-5-6-7-8-9-10(11)12-2/h3-10H2,1-2H3;3-9H2,1-2H3. The molecule has 4 nitrogen and oxygen atoms in total. The molecule has 0 radical (unpaired) electrons. The van der Waals surface area contributed by atoms with Crippen molar-refractivity contribution in [1.82, 2.24) is 0 Å². The average Bonchev–Trinajstić information content (AvgIpc) is 2.61. The normalized spacial score (nSPS) is 9.92. The van der Waals surface area contributed by atoms with E-state index in [9.17, 15) is 9.59 Å². The summed E-state index contributed by atoms with van der Waals surface area (Å²) in [5, 5.41) is 0. The van der Waals surface area contributed by atoms with Crippen molar-refractivity contribution in [2.24, 2.45) is 0 Å². The summed E-state index contributed by atoms with van der Waals surface area (Å²) in [6.45, 7) is 6.76. The van der Waals surface area contributed by atoms with Gasteiger partial charge in [0.15, 0.2) is 0 Å². The highest BCUT2D eigenvalue weighted by molar-refractivity contribution is 5.69. The van der Waals surface area contributed by atoms with Crippen molar-refractivity contribution < 1.29 is 19.1 Å². The van der Waals surface area contributed by atoms with Crippen LogP contribution >= 0.6 is 0 Å². The van der Waals surface area contributed by atoms with E-state index in [1.54, 1.807) is 0 Å². The van der Waals surface area contributed by atoms with Crippen LogP contribution in [0.25, 0.3) is 0 Å². The van der Waals surface area contributed by atoms with Gasteiger partial charge in [0.25, 0.3) is 0 Å². The monoisotopic (exact) mass is 358 g/mol. The molecule has 0 amide bonds. The van der Waals surface area contributed by atoms with Crippen molar-refractivity contribution in [3.63, 3.8) is 0 Å². The molecule has 0 fully saturated rings. The zero-order valence-corrected chi connectivity index (χ0v) is 17.2. The molecule has 0 spiro atoms. The summed E-state index contributed by atoms with van der Waals surface area (Å²) in [4.78, 5) is 21.6. The number of unbranched alkanes of at least 4 members (excludes halogenated alkanes) is 10. The summed E-state index contributed by atoms with van der Waals surface area (Å²) in [6, 6.07) is 0. The van der Waals surface area contributed by atoms with Crippen LogP contribution in [-0.4, -0.2) is 25.7 Å². The van der Waals surface area contributed by atoms with Gasteiger partial charge in [-0.15, -0.1) is 0 Å². The van der Waals surface area contributed by atoms with Crippen LogP contribution in [0.3, 0.4) is 0 Å². The molecule has 0 aliphatic carbocycles. The molecule has 0 bridgehead atoms. The van der Waals surface area contributed by atoms with Gasteiger partial charge in [0.05, 0.1) is 13.7 Å². The van der Waals surface area contributed by atoms with Crippen molar-refractivity contribution in [3.05, 3.63) is 0 Å². The molecule has 4 heteroatoms. The molecule has 0 aromatic heterocycles. The van der Waals surface area contributed by atoms with E-state index in [0.717, 1.165) is 19.3 Å². The lowest BCUT2D eigenvalue weighted by atomic mass is 10.1. The molecule has 0 unspecified atom stereocenters. The highest BCUT2D eigenvalue weighted by Crippen LogP contribution is 2.07. The van der Waals surface area contributed by atoms with Crippen molar-refractivity contribution in [2.45, 2.75) is 111 Å². The van der Waals surface area contributed by atoms with Gasteiger partial charge in [0.1, 0.15) is 0 Å². The van der Waals surface area contributed by atoms with E-state index in [1.807, 2.05) is 6.92 Å². The van der Waals surface area contributed by atoms with Gasteiger partial charge in [-0.3, -0.25) is 9.59 Å². The lowest BCUT2D eigenvalue weighted by molar-refractivity contribution is -0.143. The first-order valence-corrected chi connectivity index (χ1v) is 10.3. The zero-order valence-electron chi connectivity index (χ0n) is 17.2. The molecular formula is C21H42O4. The number of methoxy groups -OCH3 is 1. The van der Waals surface area contributed by atoms with E-state index < -0.39 is 0 Å². The first-order chi connectivity index (χ1) is 12.1. The predicted octanol–water partition coefficient (Wildman–Crippen LogP) is 6.21. The molecule has 0 aromatic carbocycles. The smallest absolute Gasteiger partial charge is 0.305 e. The molecule has 0 saturated heterocycles. The topological polar surface area (TPSA) is 52.6 Å². The first-order valence-electron chi connectivity index (χ1n) is 10.3. The zero-order chi connectivity index (χ0) is 19.2. The molecule has 25 heavy (non-hydrogen) atoms. The molecule has 0 N–H and O–H groups in total. The van der Waals surface area contributed by atoms with Gasteiger partial charge < -0.3 is 9.47 Å². The summed E-state index contributed by atoms with van der Waals surface area (Å²) in [7, 11) is 1.44. The molecule has 0 rings (SSSR count). The Kier molecular flexibility index (Phi) is 24.0. The fourth-order valence-electron chi connectivity index (χ4n) is 2.43. The van der Waals surface area contributed by atoms with E-state index in [4.69, 9.17) is 4.74 Å². The van der Waals surface area contributed by atoms with Gasteiger partial charge in [-0.25, -0.2) is 0 Å². The maximum Gasteiger partial charge on any atom is 0.305 e. The van der Waals surface area contributed by atoms with Gasteiger partial charge >= 0.3 is 11.9 Å². The average molecular weight is 359 g/mol. The minimum atomic E-state index is -0.0782. The Morgan fingerprint density at radius 1 is 0.600 bits per heavy atom. The lowest BCUT2D eigenvalue weighted by Gasteiger charge is -2.01. The van der Waals surface area contributed by atoms with Crippen molar-refractivity contribution in [2.75, 3.05) is 13.7 Å². The van der Waals surface area contributed by atoms with Crippen LogP contribution in [-0.2, 0) is 19.1 Å². The summed E-state index contributed by atoms with van der Waals surface area (Å²) in [5.74, 6) is -0.122. The summed E-state index contributed by atoms with van der Waals surface area (Å²) in [6.07, 6.45) is 15.8. The summed E-state index contributed by atoms with van der Waals surface area (Å²) < 4.78 is 9.37. The Balaban J connectivity index is 0. The quantitative estimate of drug-likeness (QED) is 0.258. The Hall–Kier alpha value is -1.06. The summed E-state index contributed by atoms with van der Waals surface area (Å²) >= 11 is 0. The third-order valence-corrected chi connectivity index (χ3v) is 4.00. The second-order valence-corrected chi connectivity index (χ2v) is 6.42. The van der Waals surface area contributed by atoms with Gasteiger partial charge in [-0.1, -0.05) is 78.1 Å². The van der Waals surface area contributed by atoms with Gasteiger partial charge in [0, 0.05) is 12.8 Å². The van der Waals surface area contributed by atoms with Gasteiger partial charge in [-0.2, -0.15) is 0 Å². The van der Waals surface area contributed by atoms with Crippen LogP contribution in [0.2, 0.25) is 0 Å². The molecule has 150 valence electrons. The van der Waals surface area contributed by atoms with E-state index in [0.29, 0.717) is 19.4 Å². The second-order valence-electron chi connectivity index (χ2n) is 6.42. The minimum Gasteiger partial charge on any atom is -0.469 e. The van der Waals surface area contributed by atoms with Crippen molar-refractivity contribution in [3.8, 4) is 0 Å². The van der Waals surface area contributed by atoms with E-state index >= 15 is 0 Å². The number of rotatable bonds is 15. The fraction of sp³-hybridized carbons (Fsp3) is 0.905. The van der Waals surface area contributed by atoms with Gasteiger partial charge in [0.2, 0.25) is 0 Å². The Labute approximate surface area is 156 Å². The van der Waals surface area contributed by atoms with Crippen LogP contribution in [0.5, 0.6) is 0 Å². The predicted molar refractivity (Wildman–Crippen MR) is 105 cm³/mol. The molecule has 0 aliphatic heterocycles. The third-order valence-electron chi connectivity index (χ3n) is 4.00. The first kappa shape index (κ1) is 26.2. The SMILES string of the molecule is CCCCCCCCC(=O)OC.CCCCCCCCC(=O)OCC.